The highest BCUT2D eigenvalue weighted by Gasteiger charge is 2.19. The highest BCUT2D eigenvalue weighted by atomic mass is 16.6. The topological polar surface area (TPSA) is 78.9 Å². The molecular formula is C54H92O6. The zero-order valence-corrected chi connectivity index (χ0v) is 39.2. The van der Waals surface area contributed by atoms with E-state index in [1.54, 1.807) is 0 Å². The fraction of sp³-hybridized carbons (Fsp3) is 0.722. The summed E-state index contributed by atoms with van der Waals surface area (Å²) in [7, 11) is 0. The number of ether oxygens (including phenoxy) is 3. The molecule has 0 fully saturated rings. The third-order valence-corrected chi connectivity index (χ3v) is 10.6. The van der Waals surface area contributed by atoms with Crippen molar-refractivity contribution in [3.05, 3.63) is 72.9 Å². The molecule has 0 saturated heterocycles. The van der Waals surface area contributed by atoms with E-state index in [2.05, 4.69) is 39.0 Å². The molecule has 0 heterocycles. The molecule has 0 aliphatic heterocycles. The van der Waals surface area contributed by atoms with E-state index in [9.17, 15) is 14.4 Å². The van der Waals surface area contributed by atoms with Crippen molar-refractivity contribution in [2.75, 3.05) is 13.2 Å². The van der Waals surface area contributed by atoms with Crippen LogP contribution in [0, 0.1) is 0 Å². The maximum Gasteiger partial charge on any atom is 0.306 e. The first-order valence-corrected chi connectivity index (χ1v) is 25.0. The minimum atomic E-state index is -0.812. The Morgan fingerprint density at radius 1 is 0.350 bits per heavy atom. The molecule has 0 bridgehead atoms. The number of rotatable bonds is 44. The number of allylic oxidation sites excluding steroid dienone is 12. The van der Waals surface area contributed by atoms with Crippen molar-refractivity contribution in [2.24, 2.45) is 0 Å². The van der Waals surface area contributed by atoms with Crippen molar-refractivity contribution >= 4 is 17.9 Å². The average molecular weight is 837 g/mol. The van der Waals surface area contributed by atoms with Crippen LogP contribution in [0.4, 0.5) is 0 Å². The van der Waals surface area contributed by atoms with Gasteiger partial charge in [-0.3, -0.25) is 14.4 Å². The molecule has 0 N–H and O–H groups in total. The van der Waals surface area contributed by atoms with Crippen LogP contribution in [-0.2, 0) is 28.6 Å². The lowest BCUT2D eigenvalue weighted by molar-refractivity contribution is -0.167. The fourth-order valence-corrected chi connectivity index (χ4v) is 6.81. The van der Waals surface area contributed by atoms with Gasteiger partial charge >= 0.3 is 17.9 Å². The summed E-state index contributed by atoms with van der Waals surface area (Å²) < 4.78 is 16.7. The third-order valence-electron chi connectivity index (χ3n) is 10.6. The second-order valence-electron chi connectivity index (χ2n) is 16.5. The van der Waals surface area contributed by atoms with E-state index in [0.29, 0.717) is 19.3 Å². The van der Waals surface area contributed by atoms with E-state index in [4.69, 9.17) is 14.2 Å². The van der Waals surface area contributed by atoms with Gasteiger partial charge in [0.2, 0.25) is 0 Å². The molecule has 1 atom stereocenters. The molecule has 0 aliphatic carbocycles. The summed E-state index contributed by atoms with van der Waals surface area (Å²) in [6.45, 7) is 6.39. The van der Waals surface area contributed by atoms with Crippen LogP contribution in [0.1, 0.15) is 233 Å². The summed E-state index contributed by atoms with van der Waals surface area (Å²) in [6.07, 6.45) is 60.4. The fourth-order valence-electron chi connectivity index (χ4n) is 6.81. The van der Waals surface area contributed by atoms with Gasteiger partial charge in [-0.25, -0.2) is 0 Å². The van der Waals surface area contributed by atoms with Gasteiger partial charge in [0.25, 0.3) is 0 Å². The summed E-state index contributed by atoms with van der Waals surface area (Å²) >= 11 is 0. The van der Waals surface area contributed by atoms with Gasteiger partial charge in [0, 0.05) is 19.3 Å². The van der Waals surface area contributed by atoms with Crippen molar-refractivity contribution in [1.82, 2.24) is 0 Å². The molecule has 0 amide bonds. The molecule has 0 radical (unpaired) electrons. The Morgan fingerprint density at radius 3 is 1.15 bits per heavy atom. The maximum absolute atomic E-state index is 12.7. The lowest BCUT2D eigenvalue weighted by Crippen LogP contribution is -2.30. The average Bonchev–Trinajstić information content (AvgIpc) is 3.24. The molecule has 344 valence electrons. The van der Waals surface area contributed by atoms with Crippen molar-refractivity contribution in [3.8, 4) is 0 Å². The van der Waals surface area contributed by atoms with Crippen molar-refractivity contribution in [2.45, 2.75) is 239 Å². The molecule has 0 aromatic rings. The van der Waals surface area contributed by atoms with Crippen LogP contribution in [0.25, 0.3) is 0 Å². The van der Waals surface area contributed by atoms with Crippen LogP contribution < -0.4 is 0 Å². The first kappa shape index (κ1) is 56.9. The summed E-state index contributed by atoms with van der Waals surface area (Å²) in [5, 5.41) is 0. The number of hydrogen-bond donors (Lipinski definition) is 0. The van der Waals surface area contributed by atoms with E-state index in [0.717, 1.165) is 64.2 Å². The minimum Gasteiger partial charge on any atom is -0.462 e. The Balaban J connectivity index is 4.41. The summed E-state index contributed by atoms with van der Waals surface area (Å²) in [4.78, 5) is 37.8. The van der Waals surface area contributed by atoms with E-state index in [1.165, 1.54) is 122 Å². The van der Waals surface area contributed by atoms with Gasteiger partial charge in [0.15, 0.2) is 6.10 Å². The van der Waals surface area contributed by atoms with Gasteiger partial charge in [-0.2, -0.15) is 0 Å². The molecule has 0 aliphatic rings. The van der Waals surface area contributed by atoms with Gasteiger partial charge in [-0.05, 0) is 51.4 Å². The van der Waals surface area contributed by atoms with Crippen LogP contribution in [0.3, 0.4) is 0 Å². The van der Waals surface area contributed by atoms with Gasteiger partial charge in [0.05, 0.1) is 0 Å². The normalized spacial score (nSPS) is 12.7. The third kappa shape index (κ3) is 45.9. The summed E-state index contributed by atoms with van der Waals surface area (Å²) in [6, 6.07) is 0. The smallest absolute Gasteiger partial charge is 0.306 e. The molecule has 0 saturated carbocycles. The van der Waals surface area contributed by atoms with Gasteiger partial charge in [-0.15, -0.1) is 0 Å². The van der Waals surface area contributed by atoms with E-state index >= 15 is 0 Å². The largest absolute Gasteiger partial charge is 0.462 e. The zero-order chi connectivity index (χ0) is 43.7. The van der Waals surface area contributed by atoms with Crippen LogP contribution in [0.2, 0.25) is 0 Å². The molecule has 1 unspecified atom stereocenters. The second kappa shape index (κ2) is 48.5. The number of carbonyl (C=O) groups is 3. The van der Waals surface area contributed by atoms with Gasteiger partial charge < -0.3 is 14.2 Å². The lowest BCUT2D eigenvalue weighted by atomic mass is 10.0. The molecule has 0 rings (SSSR count). The Labute approximate surface area is 370 Å². The predicted octanol–water partition coefficient (Wildman–Crippen LogP) is 16.3. The summed E-state index contributed by atoms with van der Waals surface area (Å²) in [5.41, 5.74) is 0. The molecule has 0 aromatic heterocycles. The van der Waals surface area contributed by atoms with Crippen LogP contribution >= 0.6 is 0 Å². The highest BCUT2D eigenvalue weighted by Crippen LogP contribution is 2.15. The van der Waals surface area contributed by atoms with E-state index < -0.39 is 6.10 Å². The standard InChI is InChI=1S/C54H92O6/c1-4-7-10-13-16-19-22-24-25-26-27-28-30-32-35-38-41-44-47-53(56)59-50-51(49-58-52(55)46-43-40-37-34-31-21-18-15-12-9-6-3)60-54(57)48-45-42-39-36-33-29-23-20-17-14-11-8-5-2/h8,11,14-15,17-18,20,23,29,33,36,39,51H,4-7,9-10,12-13,16,19,21-22,24-28,30-32,34-35,37-38,40-50H2,1-3H3/b11-8-,17-14-,18-15-,23-20-,33-29-,39-36-. The van der Waals surface area contributed by atoms with Crippen molar-refractivity contribution < 1.29 is 28.6 Å². The number of unbranched alkanes of at least 4 members (excludes halogenated alkanes) is 25. The SMILES string of the molecule is CC\C=C/C=C\C=C/C=C\C=C/CCCC(=O)OC(COC(=O)CCCCCCC/C=C\CCCC)COC(=O)CCCCCCCCCCCCCCCCCCCC. The van der Waals surface area contributed by atoms with Crippen LogP contribution in [-0.4, -0.2) is 37.2 Å². The number of esters is 3. The lowest BCUT2D eigenvalue weighted by Gasteiger charge is -2.18. The Kier molecular flexibility index (Phi) is 46.0. The van der Waals surface area contributed by atoms with E-state index in [-0.39, 0.29) is 37.5 Å². The number of hydrogen-bond acceptors (Lipinski definition) is 6. The summed E-state index contributed by atoms with van der Waals surface area (Å²) in [5.74, 6) is -0.989. The molecule has 0 aromatic carbocycles. The monoisotopic (exact) mass is 837 g/mol. The molecule has 6 heteroatoms. The first-order valence-electron chi connectivity index (χ1n) is 25.0. The van der Waals surface area contributed by atoms with Gasteiger partial charge in [0.1, 0.15) is 13.2 Å². The predicted molar refractivity (Wildman–Crippen MR) is 256 cm³/mol. The maximum atomic E-state index is 12.7. The Bertz CT molecular complexity index is 1140. The van der Waals surface area contributed by atoms with Crippen LogP contribution in [0.5, 0.6) is 0 Å². The van der Waals surface area contributed by atoms with Crippen molar-refractivity contribution in [1.29, 1.82) is 0 Å². The first-order chi connectivity index (χ1) is 29.5. The highest BCUT2D eigenvalue weighted by molar-refractivity contribution is 5.71. The zero-order valence-electron chi connectivity index (χ0n) is 39.2. The van der Waals surface area contributed by atoms with Crippen molar-refractivity contribution in [3.63, 3.8) is 0 Å². The molecule has 60 heavy (non-hydrogen) atoms. The molecule has 6 nitrogen and oxygen atoms in total. The minimum absolute atomic E-state index is 0.105. The second-order valence-corrected chi connectivity index (χ2v) is 16.5. The number of carbonyl (C=O) groups excluding carboxylic acids is 3. The molecule has 0 spiro atoms. The molecular weight excluding hydrogens is 745 g/mol. The van der Waals surface area contributed by atoms with Gasteiger partial charge in [-0.1, -0.05) is 235 Å². The van der Waals surface area contributed by atoms with Crippen LogP contribution in [0.15, 0.2) is 72.9 Å². The quantitative estimate of drug-likeness (QED) is 0.0200. The Hall–Kier alpha value is -3.15. The Morgan fingerprint density at radius 2 is 0.700 bits per heavy atom. The van der Waals surface area contributed by atoms with E-state index in [1.807, 2.05) is 54.7 Å².